The summed E-state index contributed by atoms with van der Waals surface area (Å²) >= 11 is 1.23. The second-order valence-electron chi connectivity index (χ2n) is 5.18. The molecule has 8 heteroatoms. The normalized spacial score (nSPS) is 11.7. The van der Waals surface area contributed by atoms with E-state index in [-0.39, 0.29) is 5.69 Å². The molecule has 0 aliphatic carbocycles. The number of benzene rings is 1. The number of esters is 1. The van der Waals surface area contributed by atoms with Crippen LogP contribution in [-0.4, -0.2) is 33.3 Å². The number of aromatic nitrogens is 3. The number of carbonyl (C=O) groups is 2. The molecule has 7 nitrogen and oxygen atoms in total. The molecule has 0 bridgehead atoms. The fourth-order valence-electron chi connectivity index (χ4n) is 2.12. The molecule has 124 valence electrons. The summed E-state index contributed by atoms with van der Waals surface area (Å²) in [7, 11) is 0. The summed E-state index contributed by atoms with van der Waals surface area (Å²) in [5.74, 6) is -2.34. The van der Waals surface area contributed by atoms with Gasteiger partial charge in [0.15, 0.2) is 24.0 Å². The topological polar surface area (TPSA) is 106 Å². The van der Waals surface area contributed by atoms with Crippen molar-refractivity contribution in [1.82, 2.24) is 15.0 Å². The Morgan fingerprint density at radius 3 is 2.72 bits per heavy atom. The zero-order chi connectivity index (χ0) is 17.8. The number of Topliss-reactive ketones (excluding diaryl/α,β-unsaturated/α-hetero) is 1. The van der Waals surface area contributed by atoms with Crippen LogP contribution in [0.1, 0.15) is 27.1 Å². The number of nitrogens with zero attached hydrogens (tertiary/aromatic N) is 4. The van der Waals surface area contributed by atoms with Gasteiger partial charge in [0, 0.05) is 11.1 Å². The summed E-state index contributed by atoms with van der Waals surface area (Å²) in [6.07, 6.45) is 1.29. The van der Waals surface area contributed by atoms with E-state index in [1.807, 2.05) is 12.1 Å². The van der Waals surface area contributed by atoms with E-state index in [4.69, 9.17) is 4.74 Å². The van der Waals surface area contributed by atoms with Gasteiger partial charge in [-0.1, -0.05) is 12.1 Å². The number of hydrogen-bond donors (Lipinski definition) is 0. The van der Waals surface area contributed by atoms with Crippen LogP contribution in [0.2, 0.25) is 0 Å². The quantitative estimate of drug-likeness (QED) is 0.649. The van der Waals surface area contributed by atoms with Crippen LogP contribution in [0, 0.1) is 18.3 Å². The average molecular weight is 352 g/mol. The molecule has 1 atom stereocenters. The number of carbonyl (C=O) groups excluding carboxylic acids is 2. The third kappa shape index (κ3) is 3.67. The lowest BCUT2D eigenvalue weighted by molar-refractivity contribution is -0.122. The van der Waals surface area contributed by atoms with Gasteiger partial charge >= 0.3 is 5.97 Å². The number of aryl methyl sites for hydroxylation is 1. The third-order valence-corrected chi connectivity index (χ3v) is 4.37. The van der Waals surface area contributed by atoms with E-state index in [1.165, 1.54) is 17.5 Å². The molecule has 0 saturated carbocycles. The van der Waals surface area contributed by atoms with Crippen LogP contribution in [0.5, 0.6) is 0 Å². The van der Waals surface area contributed by atoms with Gasteiger partial charge in [0.25, 0.3) is 0 Å². The van der Waals surface area contributed by atoms with Crippen molar-refractivity contribution in [1.29, 1.82) is 5.26 Å². The molecule has 0 spiro atoms. The van der Waals surface area contributed by atoms with Gasteiger partial charge in [-0.3, -0.25) is 9.78 Å². The SMILES string of the molecule is Cc1csc([C@H](C#N)C(=O)COC(=O)c2cnc3ccccc3n2)n1. The minimum absolute atomic E-state index is 0.00472. The Labute approximate surface area is 146 Å². The monoisotopic (exact) mass is 352 g/mol. The molecule has 0 N–H and O–H groups in total. The second-order valence-corrected chi connectivity index (χ2v) is 6.07. The molecule has 0 fully saturated rings. The number of ketones is 1. The van der Waals surface area contributed by atoms with Crippen LogP contribution in [0.15, 0.2) is 35.8 Å². The van der Waals surface area contributed by atoms with Gasteiger partial charge in [-0.2, -0.15) is 5.26 Å². The van der Waals surface area contributed by atoms with Gasteiger partial charge in [0.1, 0.15) is 5.01 Å². The van der Waals surface area contributed by atoms with Crippen LogP contribution in [0.3, 0.4) is 0 Å². The Hall–Kier alpha value is -3.18. The molecule has 0 saturated heterocycles. The Balaban J connectivity index is 1.68. The number of nitriles is 1. The molecular formula is C17H12N4O3S. The molecule has 0 radical (unpaired) electrons. The van der Waals surface area contributed by atoms with Crippen molar-refractivity contribution < 1.29 is 14.3 Å². The minimum atomic E-state index is -1.05. The highest BCUT2D eigenvalue weighted by molar-refractivity contribution is 7.09. The van der Waals surface area contributed by atoms with Gasteiger partial charge in [0.2, 0.25) is 0 Å². The minimum Gasteiger partial charge on any atom is -0.453 e. The van der Waals surface area contributed by atoms with E-state index in [0.29, 0.717) is 16.0 Å². The second kappa shape index (κ2) is 7.15. The van der Waals surface area contributed by atoms with E-state index in [1.54, 1.807) is 30.5 Å². The van der Waals surface area contributed by atoms with Crippen molar-refractivity contribution in [2.75, 3.05) is 6.61 Å². The van der Waals surface area contributed by atoms with E-state index in [0.717, 1.165) is 5.69 Å². The van der Waals surface area contributed by atoms with Crippen LogP contribution in [-0.2, 0) is 9.53 Å². The highest BCUT2D eigenvalue weighted by atomic mass is 32.1. The zero-order valence-corrected chi connectivity index (χ0v) is 14.0. The molecular weight excluding hydrogens is 340 g/mol. The first kappa shape index (κ1) is 16.7. The predicted molar refractivity (Wildman–Crippen MR) is 90.0 cm³/mol. The highest BCUT2D eigenvalue weighted by Gasteiger charge is 2.25. The Kier molecular flexibility index (Phi) is 4.77. The van der Waals surface area contributed by atoms with E-state index < -0.39 is 24.3 Å². The highest BCUT2D eigenvalue weighted by Crippen LogP contribution is 2.21. The fourth-order valence-corrected chi connectivity index (χ4v) is 2.98. The smallest absolute Gasteiger partial charge is 0.359 e. The summed E-state index contributed by atoms with van der Waals surface area (Å²) in [6, 6.07) is 8.99. The lowest BCUT2D eigenvalue weighted by Gasteiger charge is -2.07. The molecule has 3 aromatic rings. The first-order valence-corrected chi connectivity index (χ1v) is 8.19. The number of hydrogen-bond acceptors (Lipinski definition) is 8. The molecule has 2 heterocycles. The fraction of sp³-hybridized carbons (Fsp3) is 0.176. The van der Waals surface area contributed by atoms with E-state index in [9.17, 15) is 14.9 Å². The van der Waals surface area contributed by atoms with Crippen molar-refractivity contribution in [3.63, 3.8) is 0 Å². The largest absolute Gasteiger partial charge is 0.453 e. The van der Waals surface area contributed by atoms with E-state index in [2.05, 4.69) is 15.0 Å². The first-order chi connectivity index (χ1) is 12.1. The van der Waals surface area contributed by atoms with E-state index >= 15 is 0 Å². The lowest BCUT2D eigenvalue weighted by atomic mass is 10.1. The maximum Gasteiger partial charge on any atom is 0.359 e. The van der Waals surface area contributed by atoms with Crippen molar-refractivity contribution in [3.05, 3.63) is 52.2 Å². The van der Waals surface area contributed by atoms with Gasteiger partial charge in [0.05, 0.1) is 23.3 Å². The van der Waals surface area contributed by atoms with Gasteiger partial charge in [-0.05, 0) is 19.1 Å². The van der Waals surface area contributed by atoms with Crippen LogP contribution in [0.4, 0.5) is 0 Å². The maximum atomic E-state index is 12.2. The summed E-state index contributed by atoms with van der Waals surface area (Å²) in [4.78, 5) is 36.6. The van der Waals surface area contributed by atoms with Gasteiger partial charge in [-0.15, -0.1) is 11.3 Å². The number of fused-ring (bicyclic) bond motifs is 1. The number of thiazole rings is 1. The lowest BCUT2D eigenvalue weighted by Crippen LogP contribution is -2.20. The molecule has 1 aromatic carbocycles. The predicted octanol–water partition coefficient (Wildman–Crippen LogP) is 2.43. The number of ether oxygens (including phenoxy) is 1. The summed E-state index contributed by atoms with van der Waals surface area (Å²) in [5, 5.41) is 11.3. The van der Waals surface area contributed by atoms with Crippen LogP contribution in [0.25, 0.3) is 11.0 Å². The van der Waals surface area contributed by atoms with Gasteiger partial charge < -0.3 is 4.74 Å². The van der Waals surface area contributed by atoms with Crippen LogP contribution < -0.4 is 0 Å². The van der Waals surface area contributed by atoms with Crippen LogP contribution >= 0.6 is 11.3 Å². The number of rotatable bonds is 5. The molecule has 2 aromatic heterocycles. The molecule has 0 aliphatic rings. The van der Waals surface area contributed by atoms with Crippen molar-refractivity contribution in [2.24, 2.45) is 0 Å². The molecule has 0 unspecified atom stereocenters. The summed E-state index contributed by atoms with van der Waals surface area (Å²) in [6.45, 7) is 1.25. The molecule has 0 aliphatic heterocycles. The Bertz CT molecular complexity index is 993. The van der Waals surface area contributed by atoms with Crippen molar-refractivity contribution in [3.8, 4) is 6.07 Å². The van der Waals surface area contributed by atoms with Gasteiger partial charge in [-0.25, -0.2) is 14.8 Å². The molecule has 25 heavy (non-hydrogen) atoms. The number of para-hydroxylation sites is 2. The molecule has 3 rings (SSSR count). The standard InChI is InChI=1S/C17H12N4O3S/c1-10-9-25-16(20-10)11(6-18)15(22)8-24-17(23)14-7-19-12-4-2-3-5-13(12)21-14/h2-5,7,9,11H,8H2,1H3/t11-/m1/s1. The first-order valence-electron chi connectivity index (χ1n) is 7.31. The summed E-state index contributed by atoms with van der Waals surface area (Å²) in [5.41, 5.74) is 1.94. The van der Waals surface area contributed by atoms with Crippen molar-refractivity contribution in [2.45, 2.75) is 12.8 Å². The Morgan fingerprint density at radius 2 is 2.04 bits per heavy atom. The Morgan fingerprint density at radius 1 is 1.28 bits per heavy atom. The third-order valence-electron chi connectivity index (χ3n) is 3.34. The average Bonchev–Trinajstić information content (AvgIpc) is 3.05. The molecule has 0 amide bonds. The maximum absolute atomic E-state index is 12.2. The zero-order valence-electron chi connectivity index (χ0n) is 13.2. The summed E-state index contributed by atoms with van der Waals surface area (Å²) < 4.78 is 4.98. The van der Waals surface area contributed by atoms with Crippen molar-refractivity contribution >= 4 is 34.1 Å².